The van der Waals surface area contributed by atoms with Crippen molar-refractivity contribution in [3.8, 4) is 0 Å². The standard InChI is InChI=1S/C11H19FN4O/c1-3-5-14-11-15-7-9(12)10(16-11)13-6-4-8(2)17/h7-8,17H,3-6H2,1-2H3,(H2,13,14,15,16). The van der Waals surface area contributed by atoms with Crippen molar-refractivity contribution in [3.63, 3.8) is 0 Å². The maximum Gasteiger partial charge on any atom is 0.224 e. The summed E-state index contributed by atoms with van der Waals surface area (Å²) in [7, 11) is 0. The van der Waals surface area contributed by atoms with Crippen LogP contribution < -0.4 is 10.6 Å². The molecule has 1 rings (SSSR count). The molecule has 0 radical (unpaired) electrons. The molecule has 96 valence electrons. The first kappa shape index (κ1) is 13.6. The number of halogens is 1. The normalized spacial score (nSPS) is 12.2. The number of aliphatic hydroxyl groups excluding tert-OH is 1. The number of hydrogen-bond donors (Lipinski definition) is 3. The van der Waals surface area contributed by atoms with Gasteiger partial charge in [-0.15, -0.1) is 0 Å². The van der Waals surface area contributed by atoms with E-state index in [4.69, 9.17) is 5.11 Å². The van der Waals surface area contributed by atoms with Crippen molar-refractivity contribution in [2.45, 2.75) is 32.8 Å². The van der Waals surface area contributed by atoms with E-state index in [0.29, 0.717) is 18.9 Å². The number of hydrogen-bond acceptors (Lipinski definition) is 5. The lowest BCUT2D eigenvalue weighted by molar-refractivity contribution is 0.188. The molecule has 1 aromatic rings. The van der Waals surface area contributed by atoms with E-state index in [0.717, 1.165) is 19.2 Å². The van der Waals surface area contributed by atoms with Gasteiger partial charge in [0.15, 0.2) is 11.6 Å². The molecular formula is C11H19FN4O. The Morgan fingerprint density at radius 3 is 2.82 bits per heavy atom. The molecule has 17 heavy (non-hydrogen) atoms. The van der Waals surface area contributed by atoms with E-state index in [9.17, 15) is 4.39 Å². The Hall–Kier alpha value is -1.43. The van der Waals surface area contributed by atoms with Crippen LogP contribution in [0.25, 0.3) is 0 Å². The van der Waals surface area contributed by atoms with E-state index in [1.165, 1.54) is 0 Å². The van der Waals surface area contributed by atoms with Crippen LogP contribution in [0.3, 0.4) is 0 Å². The van der Waals surface area contributed by atoms with Crippen molar-refractivity contribution in [3.05, 3.63) is 12.0 Å². The van der Waals surface area contributed by atoms with Crippen LogP contribution in [-0.2, 0) is 0 Å². The summed E-state index contributed by atoms with van der Waals surface area (Å²) in [4.78, 5) is 7.85. The van der Waals surface area contributed by atoms with E-state index in [1.54, 1.807) is 6.92 Å². The largest absolute Gasteiger partial charge is 0.393 e. The fourth-order valence-electron chi connectivity index (χ4n) is 1.21. The topological polar surface area (TPSA) is 70.1 Å². The Morgan fingerprint density at radius 1 is 1.41 bits per heavy atom. The number of anilines is 2. The molecule has 0 aliphatic rings. The second-order valence-electron chi connectivity index (χ2n) is 3.88. The Balaban J connectivity index is 2.56. The average molecular weight is 242 g/mol. The summed E-state index contributed by atoms with van der Waals surface area (Å²) in [6.45, 7) is 4.93. The first-order valence-corrected chi connectivity index (χ1v) is 5.81. The minimum atomic E-state index is -0.488. The van der Waals surface area contributed by atoms with Gasteiger partial charge in [0.1, 0.15) is 0 Å². The third-order valence-electron chi connectivity index (χ3n) is 2.13. The molecule has 0 fully saturated rings. The van der Waals surface area contributed by atoms with Crippen LogP contribution in [0.1, 0.15) is 26.7 Å². The van der Waals surface area contributed by atoms with E-state index < -0.39 is 11.9 Å². The van der Waals surface area contributed by atoms with Gasteiger partial charge >= 0.3 is 0 Å². The predicted octanol–water partition coefficient (Wildman–Crippen LogP) is 1.62. The van der Waals surface area contributed by atoms with Crippen molar-refractivity contribution < 1.29 is 9.50 Å². The summed E-state index contributed by atoms with van der Waals surface area (Å²) in [6, 6.07) is 0. The van der Waals surface area contributed by atoms with E-state index in [-0.39, 0.29) is 5.82 Å². The summed E-state index contributed by atoms with van der Waals surface area (Å²) < 4.78 is 13.3. The van der Waals surface area contributed by atoms with Gasteiger partial charge in [0.2, 0.25) is 5.95 Å². The van der Waals surface area contributed by atoms with Gasteiger partial charge in [0, 0.05) is 13.1 Å². The van der Waals surface area contributed by atoms with Crippen LogP contribution in [0.2, 0.25) is 0 Å². The zero-order chi connectivity index (χ0) is 12.7. The Bertz CT molecular complexity index is 346. The van der Waals surface area contributed by atoms with E-state index >= 15 is 0 Å². The lowest BCUT2D eigenvalue weighted by atomic mass is 10.3. The second kappa shape index (κ2) is 7.01. The van der Waals surface area contributed by atoms with Gasteiger partial charge in [-0.25, -0.2) is 9.37 Å². The summed E-state index contributed by atoms with van der Waals surface area (Å²) in [5.74, 6) is 0.0877. The molecule has 1 unspecified atom stereocenters. The number of nitrogens with one attached hydrogen (secondary N) is 2. The van der Waals surface area contributed by atoms with Crippen LogP contribution in [0, 0.1) is 5.82 Å². The molecule has 1 heterocycles. The van der Waals surface area contributed by atoms with Crippen molar-refractivity contribution in [2.75, 3.05) is 23.7 Å². The first-order chi connectivity index (χ1) is 8.13. The molecule has 1 aromatic heterocycles. The monoisotopic (exact) mass is 242 g/mol. The highest BCUT2D eigenvalue weighted by Gasteiger charge is 2.06. The fraction of sp³-hybridized carbons (Fsp3) is 0.636. The van der Waals surface area contributed by atoms with Crippen molar-refractivity contribution in [1.29, 1.82) is 0 Å². The summed E-state index contributed by atoms with van der Waals surface area (Å²) in [5.41, 5.74) is 0. The van der Waals surface area contributed by atoms with Gasteiger partial charge < -0.3 is 15.7 Å². The van der Waals surface area contributed by atoms with Gasteiger partial charge in [-0.1, -0.05) is 6.92 Å². The average Bonchev–Trinajstić information content (AvgIpc) is 2.29. The zero-order valence-electron chi connectivity index (χ0n) is 10.2. The van der Waals surface area contributed by atoms with Gasteiger partial charge in [0.05, 0.1) is 12.3 Å². The number of rotatable bonds is 7. The number of aromatic nitrogens is 2. The highest BCUT2D eigenvalue weighted by Crippen LogP contribution is 2.11. The molecule has 5 nitrogen and oxygen atoms in total. The molecule has 6 heteroatoms. The summed E-state index contributed by atoms with van der Waals surface area (Å²) >= 11 is 0. The van der Waals surface area contributed by atoms with Gasteiger partial charge in [-0.3, -0.25) is 0 Å². The predicted molar refractivity (Wildman–Crippen MR) is 65.6 cm³/mol. The Labute approximate surface area is 100 Å². The number of nitrogens with zero attached hydrogens (tertiary/aromatic N) is 2. The van der Waals surface area contributed by atoms with Crippen LogP contribution in [0.5, 0.6) is 0 Å². The number of aliphatic hydroxyl groups is 1. The van der Waals surface area contributed by atoms with Gasteiger partial charge in [-0.2, -0.15) is 4.98 Å². The minimum absolute atomic E-state index is 0.166. The molecule has 0 spiro atoms. The third-order valence-corrected chi connectivity index (χ3v) is 2.13. The fourth-order valence-corrected chi connectivity index (χ4v) is 1.21. The minimum Gasteiger partial charge on any atom is -0.393 e. The highest BCUT2D eigenvalue weighted by atomic mass is 19.1. The van der Waals surface area contributed by atoms with Crippen LogP contribution in [-0.4, -0.2) is 34.3 Å². The smallest absolute Gasteiger partial charge is 0.224 e. The van der Waals surface area contributed by atoms with Crippen molar-refractivity contribution in [1.82, 2.24) is 9.97 Å². The molecule has 0 saturated heterocycles. The quantitative estimate of drug-likeness (QED) is 0.678. The molecular weight excluding hydrogens is 223 g/mol. The molecule has 0 aliphatic carbocycles. The van der Waals surface area contributed by atoms with Crippen molar-refractivity contribution >= 4 is 11.8 Å². The third kappa shape index (κ3) is 4.95. The van der Waals surface area contributed by atoms with E-state index in [2.05, 4.69) is 20.6 Å². The zero-order valence-corrected chi connectivity index (χ0v) is 10.2. The molecule has 0 bridgehead atoms. The summed E-state index contributed by atoms with van der Waals surface area (Å²) in [6.07, 6.45) is 2.22. The molecule has 3 N–H and O–H groups in total. The lowest BCUT2D eigenvalue weighted by Crippen LogP contribution is -2.13. The van der Waals surface area contributed by atoms with Gasteiger partial charge in [-0.05, 0) is 19.8 Å². The molecule has 1 atom stereocenters. The van der Waals surface area contributed by atoms with Crippen molar-refractivity contribution in [2.24, 2.45) is 0 Å². The first-order valence-electron chi connectivity index (χ1n) is 5.81. The molecule has 0 amide bonds. The molecule has 0 aliphatic heterocycles. The van der Waals surface area contributed by atoms with Gasteiger partial charge in [0.25, 0.3) is 0 Å². The molecule has 0 saturated carbocycles. The SMILES string of the molecule is CCCNc1ncc(F)c(NCCC(C)O)n1. The van der Waals surface area contributed by atoms with E-state index in [1.807, 2.05) is 6.92 Å². The second-order valence-corrected chi connectivity index (χ2v) is 3.88. The molecule has 0 aromatic carbocycles. The van der Waals surface area contributed by atoms with Crippen LogP contribution in [0.15, 0.2) is 6.20 Å². The lowest BCUT2D eigenvalue weighted by Gasteiger charge is -2.09. The van der Waals surface area contributed by atoms with Crippen LogP contribution in [0.4, 0.5) is 16.2 Å². The maximum absolute atomic E-state index is 13.3. The Morgan fingerprint density at radius 2 is 2.18 bits per heavy atom. The maximum atomic E-state index is 13.3. The highest BCUT2D eigenvalue weighted by molar-refractivity contribution is 5.40. The van der Waals surface area contributed by atoms with Crippen LogP contribution >= 0.6 is 0 Å². The Kier molecular flexibility index (Phi) is 5.62. The summed E-state index contributed by atoms with van der Waals surface area (Å²) in [5, 5.41) is 14.9.